The van der Waals surface area contributed by atoms with Crippen molar-refractivity contribution in [3.8, 4) is 0 Å². The molecule has 0 saturated heterocycles. The summed E-state index contributed by atoms with van der Waals surface area (Å²) in [6, 6.07) is 1.42. The van der Waals surface area contributed by atoms with E-state index in [4.69, 9.17) is 12.3 Å². The van der Waals surface area contributed by atoms with Crippen LogP contribution in [0.15, 0.2) is 18.2 Å². The fourth-order valence-electron chi connectivity index (χ4n) is 1.12. The Hall–Kier alpha value is -1.39. The first-order valence-electron chi connectivity index (χ1n) is 4.30. The second-order valence-electron chi connectivity index (χ2n) is 2.88. The maximum atomic E-state index is 11.1. The van der Waals surface area contributed by atoms with E-state index in [1.54, 1.807) is 6.08 Å². The molecule has 0 saturated carbocycles. The Morgan fingerprint density at radius 2 is 2.29 bits per heavy atom. The van der Waals surface area contributed by atoms with Crippen LogP contribution < -0.4 is 5.73 Å². The number of hydrogen-bond donors (Lipinski definition) is 1. The predicted octanol–water partition coefficient (Wildman–Crippen LogP) is 1.48. The van der Waals surface area contributed by atoms with Crippen molar-refractivity contribution in [1.29, 1.82) is 0 Å². The number of nitrogens with zero attached hydrogens (tertiary/aromatic N) is 1. The third-order valence-corrected chi connectivity index (χ3v) is 3.88. The van der Waals surface area contributed by atoms with E-state index in [-0.39, 0.29) is 10.6 Å². The van der Waals surface area contributed by atoms with Gasteiger partial charge in [-0.05, 0) is 0 Å². The van der Waals surface area contributed by atoms with E-state index in [2.05, 4.69) is 0 Å². The van der Waals surface area contributed by atoms with Gasteiger partial charge in [-0.25, -0.2) is 0 Å². The molecule has 0 aliphatic heterocycles. The molecule has 0 spiro atoms. The van der Waals surface area contributed by atoms with E-state index >= 15 is 0 Å². The van der Waals surface area contributed by atoms with Gasteiger partial charge >= 0.3 is 112 Å². The molecule has 0 bridgehead atoms. The molecule has 0 aliphatic rings. The Labute approximate surface area is 112 Å². The number of carbonyl (C=O) groups is 1. The van der Waals surface area contributed by atoms with Crippen LogP contribution in [0.2, 0.25) is 0 Å². The van der Waals surface area contributed by atoms with Crippen molar-refractivity contribution in [2.45, 2.75) is 0 Å². The number of nitro groups is 1. The third kappa shape index (κ3) is 3.05. The van der Waals surface area contributed by atoms with E-state index in [1.165, 1.54) is 31.5 Å². The fourth-order valence-corrected chi connectivity index (χ4v) is 3.13. The average molecular weight is 419 g/mol. The van der Waals surface area contributed by atoms with Crippen LogP contribution >= 0.6 is 11.3 Å². The summed E-state index contributed by atoms with van der Waals surface area (Å²) >= 11 is 2.08. The molecule has 0 aliphatic carbocycles. The van der Waals surface area contributed by atoms with E-state index in [1.807, 2.05) is 4.40 Å². The number of thiophene rings is 1. The minimum absolute atomic E-state index is 0.0743. The Morgan fingerprint density at radius 3 is 2.65 bits per heavy atom. The normalized spacial score (nSPS) is 10.9. The summed E-state index contributed by atoms with van der Waals surface area (Å²) in [5, 5.41) is 10.5. The fraction of sp³-hybridized carbons (Fsp3) is 0. The van der Waals surface area contributed by atoms with Gasteiger partial charge in [0.15, 0.2) is 0 Å². The van der Waals surface area contributed by atoms with Crippen molar-refractivity contribution in [3.05, 3.63) is 45.4 Å². The number of hydrogen-bond acceptors (Lipinski definition) is 4. The van der Waals surface area contributed by atoms with E-state index in [0.29, 0.717) is 4.88 Å². The SMILES string of the molecule is [CH-]=C/C=C(\[CH]=[W])c1cc(C(N)=O)c([N+](=O)[O-])s1. The van der Waals surface area contributed by atoms with Gasteiger partial charge in [-0.3, -0.25) is 0 Å². The number of rotatable bonds is 5. The molecular weight excluding hydrogens is 412 g/mol. The zero-order valence-corrected chi connectivity index (χ0v) is 12.2. The van der Waals surface area contributed by atoms with Crippen LogP contribution in [-0.2, 0) is 19.4 Å². The van der Waals surface area contributed by atoms with Gasteiger partial charge in [0.25, 0.3) is 0 Å². The van der Waals surface area contributed by atoms with Crippen molar-refractivity contribution in [1.82, 2.24) is 0 Å². The van der Waals surface area contributed by atoms with Crippen LogP contribution in [0.5, 0.6) is 0 Å². The summed E-state index contributed by atoms with van der Waals surface area (Å²) in [6.07, 6.45) is 2.96. The van der Waals surface area contributed by atoms with Gasteiger partial charge in [-0.15, -0.1) is 0 Å². The predicted molar refractivity (Wildman–Crippen MR) is 62.4 cm³/mol. The molecule has 0 aromatic carbocycles. The van der Waals surface area contributed by atoms with E-state index in [0.717, 1.165) is 16.9 Å². The van der Waals surface area contributed by atoms with Gasteiger partial charge in [0.05, 0.1) is 0 Å². The molecule has 0 unspecified atom stereocenters. The third-order valence-electron chi connectivity index (χ3n) is 1.83. The molecule has 0 atom stereocenters. The Balaban J connectivity index is 3.39. The molecule has 1 rings (SSSR count). The van der Waals surface area contributed by atoms with Gasteiger partial charge in [-0.1, -0.05) is 0 Å². The van der Waals surface area contributed by atoms with Crippen molar-refractivity contribution < 1.29 is 29.1 Å². The van der Waals surface area contributed by atoms with Crippen LogP contribution in [-0.4, -0.2) is 15.2 Å². The molecule has 1 aromatic rings. The van der Waals surface area contributed by atoms with Crippen LogP contribution in [0.25, 0.3) is 5.57 Å². The number of allylic oxidation sites excluding steroid dienone is 3. The van der Waals surface area contributed by atoms with Gasteiger partial charge < -0.3 is 0 Å². The zero-order chi connectivity index (χ0) is 13.0. The van der Waals surface area contributed by atoms with Gasteiger partial charge in [0.2, 0.25) is 0 Å². The van der Waals surface area contributed by atoms with Crippen molar-refractivity contribution in [3.63, 3.8) is 0 Å². The van der Waals surface area contributed by atoms with Gasteiger partial charge in [-0.2, -0.15) is 0 Å². The quantitative estimate of drug-likeness (QED) is 0.340. The van der Waals surface area contributed by atoms with Crippen LogP contribution in [0.1, 0.15) is 15.2 Å². The molecule has 17 heavy (non-hydrogen) atoms. The van der Waals surface area contributed by atoms with Crippen LogP contribution in [0.4, 0.5) is 5.00 Å². The first kappa shape index (κ1) is 13.7. The molecule has 0 radical (unpaired) electrons. The average Bonchev–Trinajstić information content (AvgIpc) is 2.70. The van der Waals surface area contributed by atoms with Crippen LogP contribution in [0, 0.1) is 16.7 Å². The molecule has 1 heterocycles. The molecule has 1 aromatic heterocycles. The number of carbonyl (C=O) groups excluding carboxylic acids is 1. The Bertz CT molecular complexity index is 502. The first-order valence-corrected chi connectivity index (χ1v) is 6.81. The summed E-state index contributed by atoms with van der Waals surface area (Å²) in [6.45, 7) is 5.27. The monoisotopic (exact) mass is 419 g/mol. The molecule has 7 heteroatoms. The van der Waals surface area contributed by atoms with Crippen molar-refractivity contribution in [2.75, 3.05) is 0 Å². The first-order chi connectivity index (χ1) is 8.01. The van der Waals surface area contributed by atoms with Crippen molar-refractivity contribution in [2.24, 2.45) is 5.73 Å². The summed E-state index contributed by atoms with van der Waals surface area (Å²) < 4.78 is 1.82. The van der Waals surface area contributed by atoms with Gasteiger partial charge in [0.1, 0.15) is 0 Å². The Morgan fingerprint density at radius 1 is 1.65 bits per heavy atom. The molecule has 5 nitrogen and oxygen atoms in total. The second kappa shape index (κ2) is 5.79. The minimum atomic E-state index is -0.807. The zero-order valence-electron chi connectivity index (χ0n) is 8.45. The van der Waals surface area contributed by atoms with Gasteiger partial charge in [0, 0.05) is 0 Å². The number of amides is 1. The molecular formula is C10H7N2O3SW-. The second-order valence-corrected chi connectivity index (χ2v) is 4.76. The molecule has 1 amide bonds. The van der Waals surface area contributed by atoms with Crippen LogP contribution in [0.3, 0.4) is 0 Å². The standard InChI is InChI=1S/C10H7N2O3S.W/c1-3-4-6(2)8-5-7(9(11)13)10(16-8)12(14)15;/h1-5H,(H2,11,13);/q-1;/b6-4+;. The Kier molecular flexibility index (Phi) is 4.66. The summed E-state index contributed by atoms with van der Waals surface area (Å²) in [5.74, 6) is -0.807. The summed E-state index contributed by atoms with van der Waals surface area (Å²) in [5.41, 5.74) is 5.75. The van der Waals surface area contributed by atoms with E-state index in [9.17, 15) is 14.9 Å². The summed E-state index contributed by atoms with van der Waals surface area (Å²) in [7, 11) is 0. The molecule has 88 valence electrons. The number of nitrogens with two attached hydrogens (primary N) is 1. The van der Waals surface area contributed by atoms with E-state index < -0.39 is 10.8 Å². The molecule has 2 N–H and O–H groups in total. The maximum absolute atomic E-state index is 11.1. The number of primary amides is 1. The summed E-state index contributed by atoms with van der Waals surface area (Å²) in [4.78, 5) is 21.8. The molecule has 0 fully saturated rings. The topological polar surface area (TPSA) is 86.2 Å². The van der Waals surface area contributed by atoms with Crippen molar-refractivity contribution >= 4 is 32.2 Å².